The van der Waals surface area contributed by atoms with Crippen molar-refractivity contribution in [3.8, 4) is 6.07 Å². The normalized spacial score (nSPS) is 19.5. The molecule has 0 saturated carbocycles. The molecule has 0 aliphatic carbocycles. The van der Waals surface area contributed by atoms with E-state index in [4.69, 9.17) is 33.2 Å². The van der Waals surface area contributed by atoms with Gasteiger partial charge in [0.1, 0.15) is 4.75 Å². The summed E-state index contributed by atoms with van der Waals surface area (Å²) in [7, 11) is 0. The Bertz CT molecular complexity index is 364. The zero-order valence-corrected chi connectivity index (χ0v) is 16.1. The first-order valence-corrected chi connectivity index (χ1v) is 11.7. The highest BCUT2D eigenvalue weighted by molar-refractivity contribution is 8.70. The van der Waals surface area contributed by atoms with Crippen molar-refractivity contribution in [1.29, 1.82) is 5.26 Å². The number of nitriles is 1. The van der Waals surface area contributed by atoms with Gasteiger partial charge in [-0.15, -0.1) is 23.4 Å². The minimum absolute atomic E-state index is 0.145. The molecule has 0 aliphatic heterocycles. The third-order valence-electron chi connectivity index (χ3n) is 1.92. The van der Waals surface area contributed by atoms with Crippen LogP contribution in [0.4, 0.5) is 0 Å². The fourth-order valence-electron chi connectivity index (χ4n) is 1.26. The van der Waals surface area contributed by atoms with Gasteiger partial charge in [0.2, 0.25) is 0 Å². The summed E-state index contributed by atoms with van der Waals surface area (Å²) >= 11 is 14.6. The molecule has 0 aromatic rings. The molecule has 8 heteroatoms. The molecule has 0 aliphatic rings. The lowest BCUT2D eigenvalue weighted by atomic mass is 10.2. The van der Waals surface area contributed by atoms with Gasteiger partial charge in [-0.1, -0.05) is 11.4 Å². The summed E-state index contributed by atoms with van der Waals surface area (Å²) < 4.78 is 5.30. The third-order valence-corrected chi connectivity index (χ3v) is 10.5. The zero-order valence-electron chi connectivity index (χ0n) is 12.0. The summed E-state index contributed by atoms with van der Waals surface area (Å²) in [6.45, 7) is 10.5. The molecule has 1 N–H and O–H groups in total. The van der Waals surface area contributed by atoms with E-state index < -0.39 is 10.4 Å². The van der Waals surface area contributed by atoms with E-state index in [1.54, 1.807) is 11.4 Å². The number of halogens is 1. The average Bonchev–Trinajstić information content (AvgIpc) is 2.27. The maximum Gasteiger partial charge on any atom is 0.187 e. The molecule has 3 nitrogen and oxygen atoms in total. The third kappa shape index (κ3) is 8.16. The topological polar surface area (TPSA) is 45.0 Å². The van der Waals surface area contributed by atoms with Gasteiger partial charge in [0.15, 0.2) is 5.62 Å². The number of rotatable bonds is 9. The first-order chi connectivity index (χ1) is 8.70. The highest BCUT2D eigenvalue weighted by Gasteiger charge is 2.30. The van der Waals surface area contributed by atoms with Crippen molar-refractivity contribution in [2.45, 2.75) is 50.0 Å². The van der Waals surface area contributed by atoms with Gasteiger partial charge in [-0.05, 0) is 46.4 Å². The number of hydrogen-bond acceptors (Lipinski definition) is 5. The number of thioether (sulfide) groups is 1. The van der Waals surface area contributed by atoms with Gasteiger partial charge >= 0.3 is 0 Å². The SMILES string of the molecule is CCOP(=S)(NC(C)C)SC(C)SC(C)(C#N)CCl. The van der Waals surface area contributed by atoms with Crippen molar-refractivity contribution in [3.63, 3.8) is 0 Å². The van der Waals surface area contributed by atoms with E-state index in [9.17, 15) is 0 Å². The fraction of sp³-hybridized carbons (Fsp3) is 0.909. The minimum atomic E-state index is -2.11. The van der Waals surface area contributed by atoms with Crippen molar-refractivity contribution >= 4 is 52.2 Å². The van der Waals surface area contributed by atoms with Crippen LogP contribution in [-0.4, -0.2) is 27.9 Å². The number of hydrogen-bond donors (Lipinski definition) is 1. The van der Waals surface area contributed by atoms with E-state index in [0.717, 1.165) is 0 Å². The van der Waals surface area contributed by atoms with Crippen LogP contribution in [0, 0.1) is 11.3 Å². The van der Waals surface area contributed by atoms with Crippen molar-refractivity contribution in [1.82, 2.24) is 5.09 Å². The standard InChI is InChI=1S/C11H22ClN2OPS3/c1-6-15-16(17,14-9(2)3)19-10(4)18-11(5,7-12)8-13/h9-10H,6-7H2,1-5H3,(H,14,17). The van der Waals surface area contributed by atoms with Crippen LogP contribution in [-0.2, 0) is 16.3 Å². The summed E-state index contributed by atoms with van der Waals surface area (Å²) in [5.41, 5.74) is -2.11. The van der Waals surface area contributed by atoms with Crippen LogP contribution in [0.25, 0.3) is 0 Å². The van der Waals surface area contributed by atoms with Gasteiger partial charge in [-0.2, -0.15) is 5.26 Å². The highest BCUT2D eigenvalue weighted by atomic mass is 35.5. The first-order valence-electron chi connectivity index (χ1n) is 6.06. The lowest BCUT2D eigenvalue weighted by molar-refractivity contribution is 0.376. The van der Waals surface area contributed by atoms with Crippen LogP contribution in [0.15, 0.2) is 0 Å². The summed E-state index contributed by atoms with van der Waals surface area (Å²) in [6, 6.07) is 2.53. The van der Waals surface area contributed by atoms with Gasteiger partial charge in [0.05, 0.1) is 23.1 Å². The molecule has 0 amide bonds. The van der Waals surface area contributed by atoms with Gasteiger partial charge < -0.3 is 4.52 Å². The number of nitrogens with one attached hydrogen (secondary N) is 1. The maximum absolute atomic E-state index is 9.15. The summed E-state index contributed by atoms with van der Waals surface area (Å²) in [5.74, 6) is 0.300. The Labute approximate surface area is 135 Å². The molecule has 3 unspecified atom stereocenters. The van der Waals surface area contributed by atoms with E-state index in [0.29, 0.717) is 12.5 Å². The van der Waals surface area contributed by atoms with Crippen molar-refractivity contribution in [2.24, 2.45) is 0 Å². The molecule has 0 rings (SSSR count). The predicted octanol–water partition coefficient (Wildman–Crippen LogP) is 4.58. The second-order valence-electron chi connectivity index (χ2n) is 4.47. The van der Waals surface area contributed by atoms with Gasteiger partial charge in [-0.25, -0.2) is 0 Å². The summed E-state index contributed by atoms with van der Waals surface area (Å²) in [4.78, 5) is 0. The molecule has 0 aromatic heterocycles. The zero-order chi connectivity index (χ0) is 15.1. The lowest BCUT2D eigenvalue weighted by Crippen LogP contribution is -2.23. The Morgan fingerprint density at radius 3 is 2.47 bits per heavy atom. The molecule has 0 bridgehead atoms. The Kier molecular flexibility index (Phi) is 9.65. The summed E-state index contributed by atoms with van der Waals surface area (Å²) in [6.07, 6.45) is 0. The van der Waals surface area contributed by atoms with Gasteiger partial charge in [0, 0.05) is 6.04 Å². The number of nitrogens with zero attached hydrogens (tertiary/aromatic N) is 1. The molecule has 3 atom stereocenters. The van der Waals surface area contributed by atoms with Gasteiger partial charge in [-0.3, -0.25) is 5.09 Å². The van der Waals surface area contributed by atoms with Crippen molar-refractivity contribution < 1.29 is 4.52 Å². The molecule has 0 fully saturated rings. The van der Waals surface area contributed by atoms with E-state index in [1.807, 2.05) is 20.8 Å². The minimum Gasteiger partial charge on any atom is -0.331 e. The Morgan fingerprint density at radius 1 is 1.53 bits per heavy atom. The number of alkyl halides is 1. The van der Waals surface area contributed by atoms with Crippen LogP contribution in [0.5, 0.6) is 0 Å². The van der Waals surface area contributed by atoms with E-state index in [1.165, 1.54) is 11.8 Å². The van der Waals surface area contributed by atoms with Crippen molar-refractivity contribution in [2.75, 3.05) is 12.5 Å². The first kappa shape index (κ1) is 20.1. The van der Waals surface area contributed by atoms with Crippen molar-refractivity contribution in [3.05, 3.63) is 0 Å². The molecule has 0 spiro atoms. The molecule has 0 aromatic carbocycles. The van der Waals surface area contributed by atoms with Gasteiger partial charge in [0.25, 0.3) is 0 Å². The van der Waals surface area contributed by atoms with Crippen LogP contribution in [0.2, 0.25) is 0 Å². The largest absolute Gasteiger partial charge is 0.331 e. The highest BCUT2D eigenvalue weighted by Crippen LogP contribution is 2.61. The maximum atomic E-state index is 9.15. The molecule has 0 heterocycles. The predicted molar refractivity (Wildman–Crippen MR) is 93.6 cm³/mol. The van der Waals surface area contributed by atoms with Crippen LogP contribution in [0.1, 0.15) is 34.6 Å². The van der Waals surface area contributed by atoms with Crippen LogP contribution >= 0.6 is 40.4 Å². The second-order valence-corrected chi connectivity index (χ2v) is 13.7. The average molecular weight is 361 g/mol. The Hall–Kier alpha value is 1.05. The molecule has 0 radical (unpaired) electrons. The quantitative estimate of drug-likeness (QED) is 0.369. The molecule has 112 valence electrons. The summed E-state index contributed by atoms with van der Waals surface area (Å²) in [5, 5.41) is 12.5. The molecular weight excluding hydrogens is 339 g/mol. The Balaban J connectivity index is 4.69. The van der Waals surface area contributed by atoms with E-state index in [2.05, 4.69) is 25.0 Å². The molecule has 19 heavy (non-hydrogen) atoms. The lowest BCUT2D eigenvalue weighted by Gasteiger charge is -2.29. The van der Waals surface area contributed by atoms with Crippen LogP contribution in [0.3, 0.4) is 0 Å². The Morgan fingerprint density at radius 2 is 2.11 bits per heavy atom. The second kappa shape index (κ2) is 9.15. The molecule has 0 saturated heterocycles. The van der Waals surface area contributed by atoms with Crippen LogP contribution < -0.4 is 5.09 Å². The van der Waals surface area contributed by atoms with E-state index in [-0.39, 0.29) is 10.6 Å². The van der Waals surface area contributed by atoms with E-state index >= 15 is 0 Å². The fourth-order valence-corrected chi connectivity index (χ4v) is 11.3. The molecular formula is C11H22ClN2OPS3. The monoisotopic (exact) mass is 360 g/mol. The smallest absolute Gasteiger partial charge is 0.187 e.